The van der Waals surface area contributed by atoms with Crippen LogP contribution in [-0.2, 0) is 4.79 Å². The fraction of sp³-hybridized carbons (Fsp3) is 0.0909. The van der Waals surface area contributed by atoms with E-state index in [-0.39, 0.29) is 18.3 Å². The van der Waals surface area contributed by atoms with Gasteiger partial charge >= 0.3 is 0 Å². The van der Waals surface area contributed by atoms with Crippen molar-refractivity contribution in [2.75, 3.05) is 23.9 Å². The first kappa shape index (κ1) is 18.5. The Morgan fingerprint density at radius 1 is 1.07 bits per heavy atom. The molecule has 0 unspecified atom stereocenters. The summed E-state index contributed by atoms with van der Waals surface area (Å²) in [7, 11) is 1.67. The minimum Gasteiger partial charge on any atom is -0.484 e. The molecule has 0 aliphatic carbocycles. The van der Waals surface area contributed by atoms with Gasteiger partial charge in [-0.15, -0.1) is 0 Å². The molecule has 0 atom stereocenters. The van der Waals surface area contributed by atoms with Crippen LogP contribution < -0.4 is 19.7 Å². The second-order valence-corrected chi connectivity index (χ2v) is 6.44. The molecule has 146 valence electrons. The molecule has 0 saturated carbocycles. The lowest BCUT2D eigenvalue weighted by Gasteiger charge is -2.16. The van der Waals surface area contributed by atoms with Crippen LogP contribution in [0.3, 0.4) is 0 Å². The molecule has 1 aliphatic rings. The Bertz CT molecular complexity index is 1080. The highest BCUT2D eigenvalue weighted by molar-refractivity contribution is 6.10. The number of anilines is 2. The highest BCUT2D eigenvalue weighted by Crippen LogP contribution is 2.38. The number of rotatable bonds is 4. The SMILES string of the molecule is CN1C(=O)c2cc(NC(=O)COc3ccc(F)cc3)ccc2Oc2ccccc21. The smallest absolute Gasteiger partial charge is 0.262 e. The molecular formula is C22H17FN2O4. The van der Waals surface area contributed by atoms with E-state index in [0.717, 1.165) is 0 Å². The number of fused-ring (bicyclic) bond motifs is 2. The van der Waals surface area contributed by atoms with Crippen molar-refractivity contribution < 1.29 is 23.5 Å². The summed E-state index contributed by atoms with van der Waals surface area (Å²) in [6, 6.07) is 17.5. The van der Waals surface area contributed by atoms with Gasteiger partial charge in [0.1, 0.15) is 17.3 Å². The number of carbonyl (C=O) groups excluding carboxylic acids is 2. The molecule has 0 aromatic heterocycles. The van der Waals surface area contributed by atoms with Gasteiger partial charge < -0.3 is 19.7 Å². The van der Waals surface area contributed by atoms with Crippen molar-refractivity contribution in [1.29, 1.82) is 0 Å². The second-order valence-electron chi connectivity index (χ2n) is 6.44. The Morgan fingerprint density at radius 3 is 2.62 bits per heavy atom. The molecule has 1 aliphatic heterocycles. The van der Waals surface area contributed by atoms with E-state index in [9.17, 15) is 14.0 Å². The van der Waals surface area contributed by atoms with Crippen LogP contribution in [0.5, 0.6) is 17.2 Å². The largest absolute Gasteiger partial charge is 0.484 e. The van der Waals surface area contributed by atoms with Crippen LogP contribution in [0.4, 0.5) is 15.8 Å². The van der Waals surface area contributed by atoms with E-state index in [1.807, 2.05) is 12.1 Å². The van der Waals surface area contributed by atoms with Gasteiger partial charge in [-0.05, 0) is 54.6 Å². The number of hydrogen-bond donors (Lipinski definition) is 1. The molecule has 6 nitrogen and oxygen atoms in total. The van der Waals surface area contributed by atoms with Crippen LogP contribution in [0.2, 0.25) is 0 Å². The Balaban J connectivity index is 1.49. The third-order valence-electron chi connectivity index (χ3n) is 4.43. The summed E-state index contributed by atoms with van der Waals surface area (Å²) in [6.45, 7) is -0.251. The molecule has 3 aromatic rings. The van der Waals surface area contributed by atoms with Crippen molar-refractivity contribution in [2.45, 2.75) is 0 Å². The molecule has 1 N–H and O–H groups in total. The molecule has 7 heteroatoms. The van der Waals surface area contributed by atoms with E-state index in [4.69, 9.17) is 9.47 Å². The fourth-order valence-corrected chi connectivity index (χ4v) is 2.97. The Morgan fingerprint density at radius 2 is 1.83 bits per heavy atom. The zero-order valence-corrected chi connectivity index (χ0v) is 15.5. The average Bonchev–Trinajstić information content (AvgIpc) is 2.83. The molecule has 0 fully saturated rings. The van der Waals surface area contributed by atoms with Crippen LogP contribution in [0.25, 0.3) is 0 Å². The van der Waals surface area contributed by atoms with Crippen molar-refractivity contribution in [1.82, 2.24) is 0 Å². The average molecular weight is 392 g/mol. The normalized spacial score (nSPS) is 12.3. The van der Waals surface area contributed by atoms with E-state index in [1.165, 1.54) is 29.2 Å². The Kier molecular flexibility index (Phi) is 4.87. The van der Waals surface area contributed by atoms with Crippen molar-refractivity contribution in [2.24, 2.45) is 0 Å². The van der Waals surface area contributed by atoms with E-state index in [2.05, 4.69) is 5.32 Å². The monoisotopic (exact) mass is 392 g/mol. The lowest BCUT2D eigenvalue weighted by molar-refractivity contribution is -0.118. The molecular weight excluding hydrogens is 375 g/mol. The first-order chi connectivity index (χ1) is 14.0. The standard InChI is InChI=1S/C22H17FN2O4/c1-25-18-4-2-3-5-20(18)29-19-11-8-15(12-17(19)22(25)27)24-21(26)13-28-16-9-6-14(23)7-10-16/h2-12H,13H2,1H3,(H,24,26). The zero-order valence-electron chi connectivity index (χ0n) is 15.5. The number of amides is 2. The van der Waals surface area contributed by atoms with Crippen molar-refractivity contribution >= 4 is 23.2 Å². The number of hydrogen-bond acceptors (Lipinski definition) is 4. The van der Waals surface area contributed by atoms with Crippen molar-refractivity contribution in [3.05, 3.63) is 78.1 Å². The van der Waals surface area contributed by atoms with Crippen LogP contribution in [0, 0.1) is 5.82 Å². The van der Waals surface area contributed by atoms with Gasteiger partial charge in [0.15, 0.2) is 12.4 Å². The number of ether oxygens (including phenoxy) is 2. The number of halogens is 1. The lowest BCUT2D eigenvalue weighted by atomic mass is 10.1. The predicted octanol–water partition coefficient (Wildman–Crippen LogP) is 4.23. The first-order valence-electron chi connectivity index (χ1n) is 8.88. The number of nitrogens with zero attached hydrogens (tertiary/aromatic N) is 1. The van der Waals surface area contributed by atoms with Crippen LogP contribution in [0.1, 0.15) is 10.4 Å². The third kappa shape index (κ3) is 3.89. The van der Waals surface area contributed by atoms with Crippen molar-refractivity contribution in [3.8, 4) is 17.2 Å². The van der Waals surface area contributed by atoms with Gasteiger partial charge in [-0.3, -0.25) is 9.59 Å². The Labute approximate surface area is 166 Å². The molecule has 2 amide bonds. The maximum absolute atomic E-state index is 12.9. The molecule has 3 aromatic carbocycles. The molecule has 0 spiro atoms. The minimum absolute atomic E-state index is 0.247. The first-order valence-corrected chi connectivity index (χ1v) is 8.88. The molecule has 1 heterocycles. The third-order valence-corrected chi connectivity index (χ3v) is 4.43. The van der Waals surface area contributed by atoms with Gasteiger partial charge in [-0.1, -0.05) is 12.1 Å². The Hall–Kier alpha value is -3.87. The number of para-hydroxylation sites is 2. The lowest BCUT2D eigenvalue weighted by Crippen LogP contribution is -2.25. The van der Waals surface area contributed by atoms with Gasteiger partial charge in [0.2, 0.25) is 0 Å². The molecule has 29 heavy (non-hydrogen) atoms. The fourth-order valence-electron chi connectivity index (χ4n) is 2.97. The zero-order chi connectivity index (χ0) is 20.4. The van der Waals surface area contributed by atoms with Gasteiger partial charge in [0, 0.05) is 12.7 Å². The molecule has 0 radical (unpaired) electrons. The summed E-state index contributed by atoms with van der Waals surface area (Å²) in [5, 5.41) is 2.69. The van der Waals surface area contributed by atoms with E-state index in [1.54, 1.807) is 37.4 Å². The molecule has 4 rings (SSSR count). The van der Waals surface area contributed by atoms with Crippen LogP contribution in [0.15, 0.2) is 66.7 Å². The van der Waals surface area contributed by atoms with Gasteiger partial charge in [0.25, 0.3) is 11.8 Å². The van der Waals surface area contributed by atoms with Crippen LogP contribution >= 0.6 is 0 Å². The summed E-state index contributed by atoms with van der Waals surface area (Å²) >= 11 is 0. The summed E-state index contributed by atoms with van der Waals surface area (Å²) < 4.78 is 24.1. The van der Waals surface area contributed by atoms with Crippen LogP contribution in [-0.4, -0.2) is 25.5 Å². The maximum atomic E-state index is 12.9. The molecule has 0 bridgehead atoms. The number of nitrogens with one attached hydrogen (secondary N) is 1. The number of benzene rings is 3. The summed E-state index contributed by atoms with van der Waals surface area (Å²) in [5.74, 6) is 0.327. The van der Waals surface area contributed by atoms with Gasteiger partial charge in [-0.2, -0.15) is 0 Å². The van der Waals surface area contributed by atoms with Gasteiger partial charge in [-0.25, -0.2) is 4.39 Å². The summed E-state index contributed by atoms with van der Waals surface area (Å²) in [4.78, 5) is 26.5. The minimum atomic E-state index is -0.409. The second kappa shape index (κ2) is 7.63. The van der Waals surface area contributed by atoms with E-state index < -0.39 is 5.91 Å². The van der Waals surface area contributed by atoms with Crippen molar-refractivity contribution in [3.63, 3.8) is 0 Å². The predicted molar refractivity (Wildman–Crippen MR) is 106 cm³/mol. The topological polar surface area (TPSA) is 67.9 Å². The summed E-state index contributed by atoms with van der Waals surface area (Å²) in [6.07, 6.45) is 0. The maximum Gasteiger partial charge on any atom is 0.262 e. The highest BCUT2D eigenvalue weighted by atomic mass is 19.1. The number of carbonyl (C=O) groups is 2. The highest BCUT2D eigenvalue weighted by Gasteiger charge is 2.25. The van der Waals surface area contributed by atoms with E-state index >= 15 is 0 Å². The quantitative estimate of drug-likeness (QED) is 0.722. The molecule has 0 saturated heterocycles. The summed E-state index contributed by atoms with van der Waals surface area (Å²) in [5.41, 5.74) is 1.43. The van der Waals surface area contributed by atoms with Gasteiger partial charge in [0.05, 0.1) is 11.3 Å². The van der Waals surface area contributed by atoms with E-state index in [0.29, 0.717) is 34.2 Å².